The molecule has 1 N–H and O–H groups in total. The van der Waals surface area contributed by atoms with E-state index < -0.39 is 0 Å². The minimum Gasteiger partial charge on any atom is -0.384 e. The molecule has 0 radical (unpaired) electrons. The number of benzene rings is 1. The summed E-state index contributed by atoms with van der Waals surface area (Å²) in [6.07, 6.45) is 1.63. The topological polar surface area (TPSA) is 70.7 Å². The van der Waals surface area contributed by atoms with Crippen LogP contribution in [0.1, 0.15) is 18.1 Å². The molecule has 0 aliphatic carbocycles. The number of hydrogen-bond acceptors (Lipinski definition) is 4. The van der Waals surface area contributed by atoms with Crippen molar-refractivity contribution in [2.75, 3.05) is 11.9 Å². The van der Waals surface area contributed by atoms with Gasteiger partial charge in [-0.2, -0.15) is 10.4 Å². The van der Waals surface area contributed by atoms with Gasteiger partial charge in [-0.3, -0.25) is 4.79 Å². The van der Waals surface area contributed by atoms with Crippen LogP contribution in [-0.4, -0.2) is 16.3 Å². The number of rotatable bonds is 4. The van der Waals surface area contributed by atoms with Gasteiger partial charge in [0, 0.05) is 12.6 Å². The molecule has 0 spiro atoms. The first-order chi connectivity index (χ1) is 9.22. The van der Waals surface area contributed by atoms with Gasteiger partial charge in [0.05, 0.1) is 30.1 Å². The number of anilines is 1. The zero-order chi connectivity index (χ0) is 13.7. The van der Waals surface area contributed by atoms with Gasteiger partial charge in [0.15, 0.2) is 0 Å². The second-order valence-electron chi connectivity index (χ2n) is 4.08. The Hall–Kier alpha value is -2.61. The predicted octanol–water partition coefficient (Wildman–Crippen LogP) is 1.60. The van der Waals surface area contributed by atoms with Crippen LogP contribution < -0.4 is 10.9 Å². The molecule has 0 saturated carbocycles. The van der Waals surface area contributed by atoms with Gasteiger partial charge in [-0.05, 0) is 24.6 Å². The summed E-state index contributed by atoms with van der Waals surface area (Å²) < 4.78 is 1.39. The van der Waals surface area contributed by atoms with E-state index in [1.807, 2.05) is 19.1 Å². The van der Waals surface area contributed by atoms with E-state index in [4.69, 9.17) is 5.26 Å². The van der Waals surface area contributed by atoms with Gasteiger partial charge in [0.1, 0.15) is 0 Å². The molecular formula is C14H14N4O. The van der Waals surface area contributed by atoms with E-state index in [-0.39, 0.29) is 5.56 Å². The van der Waals surface area contributed by atoms with Crippen LogP contribution in [-0.2, 0) is 6.54 Å². The number of nitrogens with one attached hydrogen (secondary N) is 1. The molecule has 0 fully saturated rings. The lowest BCUT2D eigenvalue weighted by Crippen LogP contribution is -2.23. The number of nitrogens with zero attached hydrogens (tertiary/aromatic N) is 3. The maximum atomic E-state index is 11.9. The highest BCUT2D eigenvalue weighted by Crippen LogP contribution is 2.05. The van der Waals surface area contributed by atoms with E-state index in [0.29, 0.717) is 12.1 Å². The molecule has 2 rings (SSSR count). The van der Waals surface area contributed by atoms with E-state index in [2.05, 4.69) is 16.5 Å². The van der Waals surface area contributed by atoms with E-state index in [1.165, 1.54) is 10.7 Å². The van der Waals surface area contributed by atoms with Crippen LogP contribution >= 0.6 is 0 Å². The number of aromatic nitrogens is 2. The predicted molar refractivity (Wildman–Crippen MR) is 72.9 cm³/mol. The Balaban J connectivity index is 2.19. The summed E-state index contributed by atoms with van der Waals surface area (Å²) in [6.45, 7) is 3.11. The summed E-state index contributed by atoms with van der Waals surface area (Å²) in [5, 5.41) is 15.9. The quantitative estimate of drug-likeness (QED) is 0.899. The molecule has 2 aromatic rings. The molecule has 0 unspecified atom stereocenters. The fourth-order valence-corrected chi connectivity index (χ4v) is 1.71. The SMILES string of the molecule is CCNc1cnn(Cc2ccc(C#N)cc2)c(=O)c1. The zero-order valence-electron chi connectivity index (χ0n) is 10.6. The lowest BCUT2D eigenvalue weighted by molar-refractivity contribution is 0.639. The summed E-state index contributed by atoms with van der Waals surface area (Å²) >= 11 is 0. The summed E-state index contributed by atoms with van der Waals surface area (Å²) in [4.78, 5) is 11.9. The smallest absolute Gasteiger partial charge is 0.269 e. The Morgan fingerprint density at radius 3 is 2.68 bits per heavy atom. The van der Waals surface area contributed by atoms with Gasteiger partial charge >= 0.3 is 0 Å². The minimum atomic E-state index is -0.150. The molecule has 0 aliphatic heterocycles. The van der Waals surface area contributed by atoms with E-state index >= 15 is 0 Å². The molecular weight excluding hydrogens is 240 g/mol. The third kappa shape index (κ3) is 3.19. The van der Waals surface area contributed by atoms with Gasteiger partial charge in [0.2, 0.25) is 0 Å². The van der Waals surface area contributed by atoms with Crippen molar-refractivity contribution in [1.82, 2.24) is 9.78 Å². The maximum absolute atomic E-state index is 11.9. The van der Waals surface area contributed by atoms with Crippen molar-refractivity contribution in [2.24, 2.45) is 0 Å². The fraction of sp³-hybridized carbons (Fsp3) is 0.214. The first kappa shape index (κ1) is 12.8. The highest BCUT2D eigenvalue weighted by Gasteiger charge is 2.01. The average molecular weight is 254 g/mol. The van der Waals surface area contributed by atoms with Crippen LogP contribution in [0.5, 0.6) is 0 Å². The molecule has 1 heterocycles. The van der Waals surface area contributed by atoms with Gasteiger partial charge < -0.3 is 5.32 Å². The molecule has 0 amide bonds. The van der Waals surface area contributed by atoms with Crippen LogP contribution in [0.3, 0.4) is 0 Å². The highest BCUT2D eigenvalue weighted by molar-refractivity contribution is 5.38. The lowest BCUT2D eigenvalue weighted by atomic mass is 10.1. The number of nitriles is 1. The first-order valence-electron chi connectivity index (χ1n) is 6.03. The Morgan fingerprint density at radius 1 is 1.37 bits per heavy atom. The summed E-state index contributed by atoms with van der Waals surface area (Å²) in [7, 11) is 0. The second kappa shape index (κ2) is 5.83. The monoisotopic (exact) mass is 254 g/mol. The van der Waals surface area contributed by atoms with Crippen LogP contribution in [0.4, 0.5) is 5.69 Å². The molecule has 1 aromatic heterocycles. The van der Waals surface area contributed by atoms with Crippen molar-refractivity contribution in [3.05, 3.63) is 58.0 Å². The van der Waals surface area contributed by atoms with Crippen LogP contribution in [0.2, 0.25) is 0 Å². The zero-order valence-corrected chi connectivity index (χ0v) is 10.6. The molecule has 0 saturated heterocycles. The van der Waals surface area contributed by atoms with Gasteiger partial charge in [-0.25, -0.2) is 4.68 Å². The van der Waals surface area contributed by atoms with Gasteiger partial charge in [-0.15, -0.1) is 0 Å². The van der Waals surface area contributed by atoms with Crippen molar-refractivity contribution in [2.45, 2.75) is 13.5 Å². The summed E-state index contributed by atoms with van der Waals surface area (Å²) in [6, 6.07) is 10.7. The Labute approximate surface area is 111 Å². The Bertz CT molecular complexity index is 652. The first-order valence-corrected chi connectivity index (χ1v) is 6.03. The standard InChI is InChI=1S/C14H14N4O/c1-2-16-13-7-14(19)18(17-9-13)10-12-5-3-11(8-15)4-6-12/h3-7,9,16H,2,10H2,1H3. The van der Waals surface area contributed by atoms with Gasteiger partial charge in [0.25, 0.3) is 5.56 Å². The molecule has 0 bridgehead atoms. The Morgan fingerprint density at radius 2 is 2.11 bits per heavy atom. The van der Waals surface area contributed by atoms with Crippen LogP contribution in [0.15, 0.2) is 41.3 Å². The van der Waals surface area contributed by atoms with Gasteiger partial charge in [-0.1, -0.05) is 12.1 Å². The van der Waals surface area contributed by atoms with E-state index in [9.17, 15) is 4.79 Å². The third-order valence-electron chi connectivity index (χ3n) is 2.67. The normalized spacial score (nSPS) is 9.89. The lowest BCUT2D eigenvalue weighted by Gasteiger charge is -2.06. The molecule has 0 atom stereocenters. The largest absolute Gasteiger partial charge is 0.384 e. The van der Waals surface area contributed by atoms with Crippen molar-refractivity contribution in [1.29, 1.82) is 5.26 Å². The minimum absolute atomic E-state index is 0.150. The average Bonchev–Trinajstić information content (AvgIpc) is 2.43. The maximum Gasteiger partial charge on any atom is 0.269 e. The summed E-state index contributed by atoms with van der Waals surface area (Å²) in [5.41, 5.74) is 2.11. The molecule has 19 heavy (non-hydrogen) atoms. The van der Waals surface area contributed by atoms with E-state index in [1.54, 1.807) is 18.3 Å². The summed E-state index contributed by atoms with van der Waals surface area (Å²) in [5.74, 6) is 0. The molecule has 0 aliphatic rings. The van der Waals surface area contributed by atoms with Crippen molar-refractivity contribution >= 4 is 5.69 Å². The molecule has 96 valence electrons. The van der Waals surface area contributed by atoms with Crippen LogP contribution in [0.25, 0.3) is 0 Å². The van der Waals surface area contributed by atoms with Crippen molar-refractivity contribution in [3.8, 4) is 6.07 Å². The van der Waals surface area contributed by atoms with Crippen molar-refractivity contribution in [3.63, 3.8) is 0 Å². The number of hydrogen-bond donors (Lipinski definition) is 1. The fourth-order valence-electron chi connectivity index (χ4n) is 1.71. The molecule has 5 nitrogen and oxygen atoms in total. The molecule has 1 aromatic carbocycles. The highest BCUT2D eigenvalue weighted by atomic mass is 16.1. The third-order valence-corrected chi connectivity index (χ3v) is 2.67. The molecule has 5 heteroatoms. The van der Waals surface area contributed by atoms with E-state index in [0.717, 1.165) is 17.8 Å². The second-order valence-corrected chi connectivity index (χ2v) is 4.08. The Kier molecular flexibility index (Phi) is 3.94. The van der Waals surface area contributed by atoms with Crippen molar-refractivity contribution < 1.29 is 0 Å². The van der Waals surface area contributed by atoms with Crippen LogP contribution in [0, 0.1) is 11.3 Å².